The Balaban J connectivity index is 1.55. The molecule has 0 radical (unpaired) electrons. The number of nitrogens with one attached hydrogen (secondary N) is 2. The number of halogens is 2. The van der Waals surface area contributed by atoms with Gasteiger partial charge >= 0.3 is 12.1 Å². The summed E-state index contributed by atoms with van der Waals surface area (Å²) in [6.45, 7) is 0. The molecule has 0 spiro atoms. The Labute approximate surface area is 232 Å². The van der Waals surface area contributed by atoms with E-state index in [1.165, 1.54) is 48.5 Å². The molecule has 0 atom stereocenters. The second-order valence-corrected chi connectivity index (χ2v) is 10.7. The highest BCUT2D eigenvalue weighted by atomic mass is 35.5. The van der Waals surface area contributed by atoms with Gasteiger partial charge in [-0.05, 0) is 60.7 Å². The van der Waals surface area contributed by atoms with Crippen molar-refractivity contribution in [3.05, 3.63) is 112 Å². The van der Waals surface area contributed by atoms with E-state index < -0.39 is 27.8 Å². The molecular weight excluding hydrogens is 567 g/mol. The molecule has 0 aliphatic heterocycles. The number of amides is 2. The number of hydrogen-bond donors (Lipinski definition) is 3. The summed E-state index contributed by atoms with van der Waals surface area (Å²) in [6, 6.07) is 21.5. The Morgan fingerprint density at radius 2 is 1.23 bits per heavy atom. The van der Waals surface area contributed by atoms with Crippen molar-refractivity contribution in [1.82, 2.24) is 0 Å². The molecule has 4 rings (SSSR count). The molecule has 0 heterocycles. The molecule has 0 saturated heterocycles. The third-order valence-corrected chi connectivity index (χ3v) is 7.75. The SMILES string of the molecule is O=C(Nc1cccc(S(=O)(=O)c2cccc(NC(=O)c3cc(Cl)c(Cl)cc3C(=O)O)c2)c1)Oc1ccccc1. The molecule has 3 N–H and O–H groups in total. The smallest absolute Gasteiger partial charge is 0.417 e. The van der Waals surface area contributed by atoms with Crippen molar-refractivity contribution in [3.8, 4) is 5.75 Å². The lowest BCUT2D eigenvalue weighted by Gasteiger charge is -2.12. The van der Waals surface area contributed by atoms with Crippen molar-refractivity contribution >= 4 is 62.4 Å². The van der Waals surface area contributed by atoms with Gasteiger partial charge in [-0.25, -0.2) is 18.0 Å². The zero-order valence-electron chi connectivity index (χ0n) is 19.7. The molecule has 0 aromatic heterocycles. The van der Waals surface area contributed by atoms with Gasteiger partial charge in [-0.1, -0.05) is 53.5 Å². The number of carboxylic acid groups (broad SMARTS) is 1. The van der Waals surface area contributed by atoms with E-state index in [0.29, 0.717) is 5.75 Å². The van der Waals surface area contributed by atoms with Crippen LogP contribution >= 0.6 is 23.2 Å². The minimum absolute atomic E-state index is 0.0238. The second-order valence-electron chi connectivity index (χ2n) is 7.96. The highest BCUT2D eigenvalue weighted by molar-refractivity contribution is 7.91. The molecular formula is C27H18Cl2N2O7S. The average Bonchev–Trinajstić information content (AvgIpc) is 2.90. The summed E-state index contributed by atoms with van der Waals surface area (Å²) in [4.78, 5) is 36.3. The van der Waals surface area contributed by atoms with Gasteiger partial charge < -0.3 is 15.2 Å². The Morgan fingerprint density at radius 1 is 0.692 bits per heavy atom. The molecule has 0 saturated carbocycles. The minimum Gasteiger partial charge on any atom is -0.478 e. The lowest BCUT2D eigenvalue weighted by atomic mass is 10.1. The fourth-order valence-electron chi connectivity index (χ4n) is 3.47. The van der Waals surface area contributed by atoms with Gasteiger partial charge in [-0.3, -0.25) is 10.1 Å². The molecule has 0 bridgehead atoms. The van der Waals surface area contributed by atoms with Crippen LogP contribution < -0.4 is 15.4 Å². The standard InChI is InChI=1S/C27H18Cl2N2O7S/c28-23-14-21(22(26(33)34)15-24(23)29)25(32)30-16-6-4-10-19(12-16)39(36,37)20-11-5-7-17(13-20)31-27(35)38-18-8-2-1-3-9-18/h1-15H,(H,30,32)(H,31,35)(H,33,34). The van der Waals surface area contributed by atoms with Gasteiger partial charge in [-0.2, -0.15) is 0 Å². The number of ether oxygens (including phenoxy) is 1. The fraction of sp³-hybridized carbons (Fsp3) is 0. The number of carbonyl (C=O) groups excluding carboxylic acids is 2. The summed E-state index contributed by atoms with van der Waals surface area (Å²) in [5.74, 6) is -1.91. The van der Waals surface area contributed by atoms with Crippen LogP contribution in [0.2, 0.25) is 10.0 Å². The number of carboxylic acids is 1. The highest BCUT2D eigenvalue weighted by Gasteiger charge is 2.22. The summed E-state index contributed by atoms with van der Waals surface area (Å²) in [5.41, 5.74) is -0.362. The van der Waals surface area contributed by atoms with E-state index in [4.69, 9.17) is 27.9 Å². The van der Waals surface area contributed by atoms with Crippen LogP contribution in [-0.4, -0.2) is 31.5 Å². The van der Waals surface area contributed by atoms with E-state index in [2.05, 4.69) is 10.6 Å². The van der Waals surface area contributed by atoms with Crippen LogP contribution in [0.25, 0.3) is 0 Å². The quantitative estimate of drug-likeness (QED) is 0.229. The lowest BCUT2D eigenvalue weighted by molar-refractivity contribution is 0.0692. The van der Waals surface area contributed by atoms with Crippen molar-refractivity contribution in [2.45, 2.75) is 9.79 Å². The summed E-state index contributed by atoms with van der Waals surface area (Å²) in [5, 5.41) is 14.3. The van der Waals surface area contributed by atoms with E-state index in [1.807, 2.05) is 0 Å². The monoisotopic (exact) mass is 584 g/mol. The minimum atomic E-state index is -4.09. The van der Waals surface area contributed by atoms with Crippen LogP contribution in [0.1, 0.15) is 20.7 Å². The topological polar surface area (TPSA) is 139 Å². The Kier molecular flexibility index (Phi) is 8.20. The third-order valence-electron chi connectivity index (χ3n) is 5.28. The maximum atomic E-state index is 13.3. The molecule has 4 aromatic carbocycles. The summed E-state index contributed by atoms with van der Waals surface area (Å²) >= 11 is 11.8. The number of benzene rings is 4. The molecule has 39 heavy (non-hydrogen) atoms. The Bertz CT molecular complexity index is 1690. The molecule has 4 aromatic rings. The van der Waals surface area contributed by atoms with Crippen molar-refractivity contribution in [3.63, 3.8) is 0 Å². The zero-order valence-corrected chi connectivity index (χ0v) is 22.0. The highest BCUT2D eigenvalue weighted by Crippen LogP contribution is 2.28. The number of sulfone groups is 1. The number of aromatic carboxylic acids is 1. The van der Waals surface area contributed by atoms with Crippen LogP contribution in [0.3, 0.4) is 0 Å². The van der Waals surface area contributed by atoms with Crippen LogP contribution in [0.15, 0.2) is 101 Å². The van der Waals surface area contributed by atoms with Crippen LogP contribution in [0.5, 0.6) is 5.75 Å². The predicted octanol–water partition coefficient (Wildman–Crippen LogP) is 6.39. The van der Waals surface area contributed by atoms with Gasteiger partial charge in [0.2, 0.25) is 9.84 Å². The number of para-hydroxylation sites is 1. The van der Waals surface area contributed by atoms with Crippen molar-refractivity contribution in [2.24, 2.45) is 0 Å². The molecule has 2 amide bonds. The van der Waals surface area contributed by atoms with Crippen molar-refractivity contribution in [1.29, 1.82) is 0 Å². The molecule has 12 heteroatoms. The number of hydrogen-bond acceptors (Lipinski definition) is 6. The van der Waals surface area contributed by atoms with Crippen LogP contribution in [-0.2, 0) is 9.84 Å². The Morgan fingerprint density at radius 3 is 1.79 bits per heavy atom. The summed E-state index contributed by atoms with van der Waals surface area (Å²) in [6.07, 6.45) is -0.802. The fourth-order valence-corrected chi connectivity index (χ4v) is 5.15. The van der Waals surface area contributed by atoms with Gasteiger partial charge in [0.25, 0.3) is 5.91 Å². The zero-order chi connectivity index (χ0) is 28.2. The first kappa shape index (κ1) is 27.6. The first-order valence-electron chi connectivity index (χ1n) is 11.1. The Hall–Kier alpha value is -4.38. The lowest BCUT2D eigenvalue weighted by Crippen LogP contribution is -2.17. The van der Waals surface area contributed by atoms with Gasteiger partial charge in [-0.15, -0.1) is 0 Å². The van der Waals surface area contributed by atoms with Gasteiger partial charge in [0.1, 0.15) is 5.75 Å². The van der Waals surface area contributed by atoms with Gasteiger partial charge in [0.15, 0.2) is 0 Å². The molecule has 9 nitrogen and oxygen atoms in total. The average molecular weight is 585 g/mol. The van der Waals surface area contributed by atoms with Gasteiger partial charge in [0, 0.05) is 11.4 Å². The first-order chi connectivity index (χ1) is 18.5. The number of carbonyl (C=O) groups is 3. The third kappa shape index (κ3) is 6.55. The van der Waals surface area contributed by atoms with E-state index in [1.54, 1.807) is 30.3 Å². The summed E-state index contributed by atoms with van der Waals surface area (Å²) < 4.78 is 31.8. The first-order valence-corrected chi connectivity index (χ1v) is 13.3. The van der Waals surface area contributed by atoms with E-state index in [0.717, 1.165) is 12.1 Å². The predicted molar refractivity (Wildman–Crippen MR) is 146 cm³/mol. The van der Waals surface area contributed by atoms with Crippen LogP contribution in [0.4, 0.5) is 16.2 Å². The van der Waals surface area contributed by atoms with Gasteiger partial charge in [0.05, 0.1) is 31.0 Å². The molecule has 0 unspecified atom stereocenters. The summed E-state index contributed by atoms with van der Waals surface area (Å²) in [7, 11) is -4.09. The number of anilines is 2. The van der Waals surface area contributed by atoms with E-state index in [-0.39, 0.29) is 42.3 Å². The number of rotatable bonds is 7. The maximum absolute atomic E-state index is 13.3. The van der Waals surface area contributed by atoms with Crippen LogP contribution in [0, 0.1) is 0 Å². The van der Waals surface area contributed by atoms with E-state index in [9.17, 15) is 27.9 Å². The molecule has 0 aliphatic carbocycles. The van der Waals surface area contributed by atoms with Crippen molar-refractivity contribution in [2.75, 3.05) is 10.6 Å². The van der Waals surface area contributed by atoms with Crippen molar-refractivity contribution < 1.29 is 32.6 Å². The maximum Gasteiger partial charge on any atom is 0.417 e. The second kappa shape index (κ2) is 11.6. The molecule has 0 aliphatic rings. The largest absolute Gasteiger partial charge is 0.478 e. The molecule has 0 fully saturated rings. The normalized spacial score (nSPS) is 10.9. The van der Waals surface area contributed by atoms with E-state index >= 15 is 0 Å². The molecule has 198 valence electrons.